The molecule has 0 radical (unpaired) electrons. The molecule has 1 aromatic carbocycles. The van der Waals surface area contributed by atoms with E-state index in [4.69, 9.17) is 0 Å². The Morgan fingerprint density at radius 3 is 2.36 bits per heavy atom. The highest BCUT2D eigenvalue weighted by Crippen LogP contribution is 2.27. The first-order chi connectivity index (χ1) is 11.7. The third kappa shape index (κ3) is 6.02. The maximum absolute atomic E-state index is 12.9. The molecular weight excluding hydrogens is 335 g/mol. The Balaban J connectivity index is 2.09. The molecule has 2 N–H and O–H groups in total. The summed E-state index contributed by atoms with van der Waals surface area (Å²) in [4.78, 5) is 21.5. The maximum Gasteiger partial charge on any atom is 0.451 e. The number of hydrogen-bond donors (Lipinski definition) is 2. The number of benzene rings is 1. The van der Waals surface area contributed by atoms with Gasteiger partial charge in [0.2, 0.25) is 23.6 Å². The van der Waals surface area contributed by atoms with Crippen molar-refractivity contribution in [3.63, 3.8) is 0 Å². The third-order valence-corrected chi connectivity index (χ3v) is 3.26. The number of rotatable bonds is 6. The fourth-order valence-corrected chi connectivity index (χ4v) is 2.10. The van der Waals surface area contributed by atoms with Gasteiger partial charge in [0.25, 0.3) is 0 Å². The lowest BCUT2D eigenvalue weighted by atomic mass is 10.1. The molecule has 0 saturated carbocycles. The first-order valence-electron chi connectivity index (χ1n) is 7.65. The summed E-state index contributed by atoms with van der Waals surface area (Å²) in [7, 11) is 0. The van der Waals surface area contributed by atoms with E-state index >= 15 is 0 Å². The predicted octanol–water partition coefficient (Wildman–Crippen LogP) is 3.28. The molecule has 0 aliphatic heterocycles. The van der Waals surface area contributed by atoms with Crippen LogP contribution in [-0.2, 0) is 17.4 Å². The topological polar surface area (TPSA) is 79.8 Å². The van der Waals surface area contributed by atoms with E-state index in [1.165, 1.54) is 0 Å². The van der Waals surface area contributed by atoms with Gasteiger partial charge in [-0.3, -0.25) is 10.1 Å². The molecule has 134 valence electrons. The molecule has 2 rings (SSSR count). The van der Waals surface area contributed by atoms with Crippen molar-refractivity contribution in [3.8, 4) is 0 Å². The van der Waals surface area contributed by atoms with E-state index in [2.05, 4.69) is 25.6 Å². The van der Waals surface area contributed by atoms with Crippen LogP contribution in [0.15, 0.2) is 30.3 Å². The van der Waals surface area contributed by atoms with Gasteiger partial charge in [-0.2, -0.15) is 28.1 Å². The van der Waals surface area contributed by atoms with Crippen molar-refractivity contribution < 1.29 is 18.0 Å². The summed E-state index contributed by atoms with van der Waals surface area (Å²) in [5, 5.41) is 4.97. The smallest absolute Gasteiger partial charge is 0.352 e. The van der Waals surface area contributed by atoms with E-state index in [1.54, 1.807) is 0 Å². The second-order valence-electron chi connectivity index (χ2n) is 5.55. The number of nitrogens with zero attached hydrogens (tertiary/aromatic N) is 3. The van der Waals surface area contributed by atoms with Crippen LogP contribution in [0.25, 0.3) is 0 Å². The number of aryl methyl sites for hydroxylation is 1. The summed E-state index contributed by atoms with van der Waals surface area (Å²) in [6.45, 7) is 2.98. The summed E-state index contributed by atoms with van der Waals surface area (Å²) in [5.74, 6) is -2.59. The lowest BCUT2D eigenvalue weighted by Crippen LogP contribution is -2.22. The van der Waals surface area contributed by atoms with Gasteiger partial charge in [0, 0.05) is 13.0 Å². The number of anilines is 2. The molecule has 6 nitrogen and oxygen atoms in total. The second kappa shape index (κ2) is 7.91. The highest BCUT2D eigenvalue weighted by molar-refractivity contribution is 5.86. The zero-order chi connectivity index (χ0) is 18.4. The van der Waals surface area contributed by atoms with Gasteiger partial charge in [-0.05, 0) is 25.3 Å². The predicted molar refractivity (Wildman–Crippen MR) is 87.0 cm³/mol. The van der Waals surface area contributed by atoms with Crippen molar-refractivity contribution >= 4 is 17.8 Å². The van der Waals surface area contributed by atoms with Gasteiger partial charge in [0.05, 0.1) is 0 Å². The molecule has 9 heteroatoms. The molecule has 2 aromatic rings. The van der Waals surface area contributed by atoms with Crippen LogP contribution in [0.4, 0.5) is 25.1 Å². The van der Waals surface area contributed by atoms with Crippen LogP contribution in [0.3, 0.4) is 0 Å². The van der Waals surface area contributed by atoms with E-state index < -0.39 is 23.9 Å². The van der Waals surface area contributed by atoms with Crippen LogP contribution in [0, 0.1) is 0 Å². The average Bonchev–Trinajstić information content (AvgIpc) is 2.52. The zero-order valence-electron chi connectivity index (χ0n) is 13.8. The lowest BCUT2D eigenvalue weighted by molar-refractivity contribution is -0.145. The molecule has 0 fully saturated rings. The standard InChI is InChI=1S/C16H18F3N5O/c1-10(8-9-12-6-4-3-5-7-12)20-14-22-13(16(17,18)19)23-15(24-14)21-11(2)25/h3-7,10H,8-9H2,1-2H3,(H2,20,21,22,23,24,25). The molecule has 1 unspecified atom stereocenters. The van der Waals surface area contributed by atoms with Crippen LogP contribution >= 0.6 is 0 Å². The minimum Gasteiger partial charge on any atom is -0.352 e. The normalized spacial score (nSPS) is 12.5. The van der Waals surface area contributed by atoms with Crippen molar-refractivity contribution in [2.75, 3.05) is 10.6 Å². The molecule has 0 bridgehead atoms. The van der Waals surface area contributed by atoms with E-state index in [0.29, 0.717) is 6.42 Å². The molecule has 1 amide bonds. The minimum absolute atomic E-state index is 0.172. The van der Waals surface area contributed by atoms with E-state index in [-0.39, 0.29) is 12.0 Å². The SMILES string of the molecule is CC(=O)Nc1nc(NC(C)CCc2ccccc2)nc(C(F)(F)F)n1. The second-order valence-corrected chi connectivity index (χ2v) is 5.55. The summed E-state index contributed by atoms with van der Waals surface area (Å²) >= 11 is 0. The van der Waals surface area contributed by atoms with Crippen LogP contribution < -0.4 is 10.6 Å². The van der Waals surface area contributed by atoms with Gasteiger partial charge in [-0.15, -0.1) is 0 Å². The van der Waals surface area contributed by atoms with E-state index in [1.807, 2.05) is 37.3 Å². The summed E-state index contributed by atoms with van der Waals surface area (Å²) in [6, 6.07) is 9.55. The summed E-state index contributed by atoms with van der Waals surface area (Å²) in [5.41, 5.74) is 1.13. The Hall–Kier alpha value is -2.71. The number of amides is 1. The Labute approximate surface area is 142 Å². The lowest BCUT2D eigenvalue weighted by Gasteiger charge is -2.15. The van der Waals surface area contributed by atoms with Crippen molar-refractivity contribution in [1.82, 2.24) is 15.0 Å². The van der Waals surface area contributed by atoms with E-state index in [0.717, 1.165) is 18.9 Å². The molecule has 0 spiro atoms. The van der Waals surface area contributed by atoms with Crippen LogP contribution in [0.5, 0.6) is 0 Å². The molecule has 25 heavy (non-hydrogen) atoms. The molecule has 0 aliphatic rings. The Morgan fingerprint density at radius 2 is 1.76 bits per heavy atom. The van der Waals surface area contributed by atoms with Gasteiger partial charge in [-0.1, -0.05) is 30.3 Å². The van der Waals surface area contributed by atoms with Gasteiger partial charge in [-0.25, -0.2) is 0 Å². The van der Waals surface area contributed by atoms with Gasteiger partial charge < -0.3 is 5.32 Å². The summed E-state index contributed by atoms with van der Waals surface area (Å²) in [6.07, 6.45) is -3.31. The third-order valence-electron chi connectivity index (χ3n) is 3.26. The monoisotopic (exact) mass is 353 g/mol. The van der Waals surface area contributed by atoms with Crippen LogP contribution in [0.1, 0.15) is 31.7 Å². The first kappa shape index (κ1) is 18.6. The Kier molecular flexibility index (Phi) is 5.89. The fraction of sp³-hybridized carbons (Fsp3) is 0.375. The number of aromatic nitrogens is 3. The Morgan fingerprint density at radius 1 is 1.12 bits per heavy atom. The number of hydrogen-bond acceptors (Lipinski definition) is 5. The van der Waals surface area contributed by atoms with Gasteiger partial charge in [0.15, 0.2) is 0 Å². The van der Waals surface area contributed by atoms with Gasteiger partial charge >= 0.3 is 6.18 Å². The minimum atomic E-state index is -4.74. The Bertz CT molecular complexity index is 721. The first-order valence-corrected chi connectivity index (χ1v) is 7.65. The highest BCUT2D eigenvalue weighted by Gasteiger charge is 2.36. The number of nitrogens with one attached hydrogen (secondary N) is 2. The highest BCUT2D eigenvalue weighted by atomic mass is 19.4. The van der Waals surface area contributed by atoms with Crippen LogP contribution in [0.2, 0.25) is 0 Å². The molecule has 1 heterocycles. The number of halogens is 3. The van der Waals surface area contributed by atoms with Crippen molar-refractivity contribution in [2.45, 2.75) is 38.9 Å². The van der Waals surface area contributed by atoms with Crippen molar-refractivity contribution in [1.29, 1.82) is 0 Å². The quantitative estimate of drug-likeness (QED) is 0.833. The molecule has 0 saturated heterocycles. The number of carbonyl (C=O) groups is 1. The molecule has 1 atom stereocenters. The molecule has 1 aromatic heterocycles. The molecular formula is C16H18F3N5O. The number of alkyl halides is 3. The summed E-state index contributed by atoms with van der Waals surface area (Å²) < 4.78 is 38.7. The average molecular weight is 353 g/mol. The van der Waals surface area contributed by atoms with Crippen LogP contribution in [-0.4, -0.2) is 26.9 Å². The van der Waals surface area contributed by atoms with Gasteiger partial charge in [0.1, 0.15) is 0 Å². The maximum atomic E-state index is 12.9. The fourth-order valence-electron chi connectivity index (χ4n) is 2.10. The van der Waals surface area contributed by atoms with Crippen molar-refractivity contribution in [2.24, 2.45) is 0 Å². The number of carbonyl (C=O) groups excluding carboxylic acids is 1. The van der Waals surface area contributed by atoms with E-state index in [9.17, 15) is 18.0 Å². The van der Waals surface area contributed by atoms with Crippen molar-refractivity contribution in [3.05, 3.63) is 41.7 Å². The largest absolute Gasteiger partial charge is 0.451 e. The molecule has 0 aliphatic carbocycles. The zero-order valence-corrected chi connectivity index (χ0v) is 13.8.